The summed E-state index contributed by atoms with van der Waals surface area (Å²) >= 11 is 0. The predicted molar refractivity (Wildman–Crippen MR) is 98.7 cm³/mol. The third kappa shape index (κ3) is 2.43. The van der Waals surface area contributed by atoms with E-state index >= 15 is 0 Å². The summed E-state index contributed by atoms with van der Waals surface area (Å²) in [6.07, 6.45) is 1.80. The van der Waals surface area contributed by atoms with Crippen LogP contribution < -0.4 is 0 Å². The number of nitriles is 1. The summed E-state index contributed by atoms with van der Waals surface area (Å²) in [5.74, 6) is -0.584. The van der Waals surface area contributed by atoms with Crippen molar-refractivity contribution in [2.45, 2.75) is 33.2 Å². The summed E-state index contributed by atoms with van der Waals surface area (Å²) in [4.78, 5) is 11.5. The molecule has 0 fully saturated rings. The number of rotatable bonds is 3. The van der Waals surface area contributed by atoms with E-state index < -0.39 is 5.97 Å². The van der Waals surface area contributed by atoms with Gasteiger partial charge in [-0.1, -0.05) is 12.1 Å². The molecule has 1 aliphatic rings. The second-order valence-electron chi connectivity index (χ2n) is 6.75. The second kappa shape index (κ2) is 6.06. The standard InChI is InChI=1S/C21H18N2O4/c1-11-17(12(2)27-20(11)21(25)26)19-16(10-22)23-9-3-4-15(23)18(19)13-5-7-14(24)8-6-13/h5-8,24H,3-4,9H2,1-2H3,(H,25,26). The van der Waals surface area contributed by atoms with Crippen LogP contribution in [0.3, 0.4) is 0 Å². The molecule has 0 aliphatic carbocycles. The highest BCUT2D eigenvalue weighted by molar-refractivity contribution is 5.96. The second-order valence-corrected chi connectivity index (χ2v) is 6.75. The molecule has 6 nitrogen and oxygen atoms in total. The molecular formula is C21H18N2O4. The number of carboxylic acid groups (broad SMARTS) is 1. The van der Waals surface area contributed by atoms with Crippen LogP contribution in [0.4, 0.5) is 0 Å². The molecule has 0 unspecified atom stereocenters. The normalized spacial score (nSPS) is 12.8. The predicted octanol–water partition coefficient (Wildman–Crippen LogP) is 4.25. The fraction of sp³-hybridized carbons (Fsp3) is 0.238. The van der Waals surface area contributed by atoms with Crippen LogP contribution in [0.1, 0.15) is 39.7 Å². The molecule has 1 aromatic carbocycles. The maximum Gasteiger partial charge on any atom is 0.372 e. The Hall–Kier alpha value is -3.46. The smallest absolute Gasteiger partial charge is 0.372 e. The Morgan fingerprint density at radius 3 is 2.48 bits per heavy atom. The van der Waals surface area contributed by atoms with Crippen LogP contribution >= 0.6 is 0 Å². The number of furan rings is 1. The van der Waals surface area contributed by atoms with Crippen LogP contribution in [0, 0.1) is 25.2 Å². The fourth-order valence-corrected chi connectivity index (χ4v) is 4.10. The summed E-state index contributed by atoms with van der Waals surface area (Å²) in [6, 6.07) is 9.17. The van der Waals surface area contributed by atoms with Crippen molar-refractivity contribution >= 4 is 5.97 Å². The number of benzene rings is 1. The van der Waals surface area contributed by atoms with Gasteiger partial charge in [-0.2, -0.15) is 5.26 Å². The van der Waals surface area contributed by atoms with Gasteiger partial charge in [0.1, 0.15) is 23.3 Å². The first-order valence-electron chi connectivity index (χ1n) is 8.72. The molecule has 2 N–H and O–H groups in total. The lowest BCUT2D eigenvalue weighted by molar-refractivity contribution is 0.0660. The summed E-state index contributed by atoms with van der Waals surface area (Å²) < 4.78 is 7.53. The first kappa shape index (κ1) is 17.0. The third-order valence-electron chi connectivity index (χ3n) is 5.20. The number of phenols is 1. The molecule has 0 saturated carbocycles. The molecule has 0 saturated heterocycles. The van der Waals surface area contributed by atoms with E-state index in [1.54, 1.807) is 26.0 Å². The molecule has 3 heterocycles. The van der Waals surface area contributed by atoms with Gasteiger partial charge in [0, 0.05) is 34.5 Å². The van der Waals surface area contributed by atoms with Gasteiger partial charge >= 0.3 is 5.97 Å². The number of aromatic hydroxyl groups is 1. The molecule has 3 aromatic rings. The van der Waals surface area contributed by atoms with Crippen LogP contribution in [0.5, 0.6) is 5.75 Å². The minimum atomic E-state index is -1.13. The molecule has 0 amide bonds. The minimum absolute atomic E-state index is 0.102. The molecular weight excluding hydrogens is 344 g/mol. The molecule has 1 aliphatic heterocycles. The molecule has 4 rings (SSSR count). The maximum absolute atomic E-state index is 11.5. The number of hydrogen-bond acceptors (Lipinski definition) is 4. The fourth-order valence-electron chi connectivity index (χ4n) is 4.10. The third-order valence-corrected chi connectivity index (χ3v) is 5.20. The lowest BCUT2D eigenvalue weighted by atomic mass is 9.92. The first-order chi connectivity index (χ1) is 12.9. The topological polar surface area (TPSA) is 99.4 Å². The number of nitrogens with zero attached hydrogens (tertiary/aromatic N) is 2. The summed E-state index contributed by atoms with van der Waals surface area (Å²) in [5.41, 5.74) is 5.26. The Labute approximate surface area is 155 Å². The number of hydrogen-bond donors (Lipinski definition) is 2. The zero-order chi connectivity index (χ0) is 19.3. The Morgan fingerprint density at radius 1 is 1.19 bits per heavy atom. The van der Waals surface area contributed by atoms with E-state index in [1.165, 1.54) is 0 Å². The quantitative estimate of drug-likeness (QED) is 0.725. The highest BCUT2D eigenvalue weighted by Gasteiger charge is 2.32. The molecule has 27 heavy (non-hydrogen) atoms. The number of aryl methyl sites for hydroxylation is 1. The van der Waals surface area contributed by atoms with Gasteiger partial charge in [-0.25, -0.2) is 4.79 Å². The van der Waals surface area contributed by atoms with Gasteiger partial charge < -0.3 is 19.2 Å². The molecule has 0 atom stereocenters. The van der Waals surface area contributed by atoms with Crippen LogP contribution in [-0.2, 0) is 13.0 Å². The van der Waals surface area contributed by atoms with Gasteiger partial charge in [0.2, 0.25) is 5.76 Å². The zero-order valence-electron chi connectivity index (χ0n) is 15.0. The van der Waals surface area contributed by atoms with E-state index in [0.717, 1.165) is 36.2 Å². The van der Waals surface area contributed by atoms with Gasteiger partial charge in [-0.05, 0) is 44.4 Å². The monoisotopic (exact) mass is 362 g/mol. The van der Waals surface area contributed by atoms with E-state index in [-0.39, 0.29) is 11.5 Å². The van der Waals surface area contributed by atoms with Crippen LogP contribution in [0.25, 0.3) is 22.3 Å². The SMILES string of the molecule is Cc1oc(C(=O)O)c(C)c1-c1c(-c2ccc(O)cc2)c2n(c1C#N)CCC2. The Bertz CT molecular complexity index is 1110. The Balaban J connectivity index is 2.09. The van der Waals surface area contributed by atoms with Gasteiger partial charge in [0.05, 0.1) is 0 Å². The lowest BCUT2D eigenvalue weighted by Crippen LogP contribution is -1.98. The summed E-state index contributed by atoms with van der Waals surface area (Å²) in [6.45, 7) is 4.18. The number of aromatic carboxylic acids is 1. The number of fused-ring (bicyclic) bond motifs is 1. The number of carbonyl (C=O) groups is 1. The van der Waals surface area contributed by atoms with Crippen LogP contribution in [0.15, 0.2) is 28.7 Å². The van der Waals surface area contributed by atoms with E-state index in [2.05, 4.69) is 6.07 Å². The average molecular weight is 362 g/mol. The molecule has 0 spiro atoms. The van der Waals surface area contributed by atoms with Crippen LogP contribution in [-0.4, -0.2) is 20.7 Å². The zero-order valence-corrected chi connectivity index (χ0v) is 15.0. The van der Waals surface area contributed by atoms with E-state index in [1.807, 2.05) is 16.7 Å². The van der Waals surface area contributed by atoms with Crippen molar-refractivity contribution in [3.05, 3.63) is 52.7 Å². The Morgan fingerprint density at radius 2 is 1.89 bits per heavy atom. The molecule has 0 radical (unpaired) electrons. The van der Waals surface area contributed by atoms with Crippen molar-refractivity contribution in [1.82, 2.24) is 4.57 Å². The number of aromatic nitrogens is 1. The van der Waals surface area contributed by atoms with Crippen molar-refractivity contribution in [3.63, 3.8) is 0 Å². The molecule has 0 bridgehead atoms. The van der Waals surface area contributed by atoms with E-state index in [0.29, 0.717) is 28.1 Å². The number of phenolic OH excluding ortho intramolecular Hbond substituents is 1. The largest absolute Gasteiger partial charge is 0.508 e. The number of carboxylic acids is 1. The molecule has 6 heteroatoms. The summed E-state index contributed by atoms with van der Waals surface area (Å²) in [7, 11) is 0. The van der Waals surface area contributed by atoms with E-state index in [4.69, 9.17) is 4.42 Å². The van der Waals surface area contributed by atoms with Gasteiger partial charge in [-0.3, -0.25) is 0 Å². The Kier molecular flexibility index (Phi) is 3.81. The summed E-state index contributed by atoms with van der Waals surface area (Å²) in [5, 5.41) is 29.0. The highest BCUT2D eigenvalue weighted by Crippen LogP contribution is 2.46. The first-order valence-corrected chi connectivity index (χ1v) is 8.72. The highest BCUT2D eigenvalue weighted by atomic mass is 16.4. The van der Waals surface area contributed by atoms with Gasteiger partial charge in [-0.15, -0.1) is 0 Å². The van der Waals surface area contributed by atoms with Crippen molar-refractivity contribution in [1.29, 1.82) is 5.26 Å². The maximum atomic E-state index is 11.5. The van der Waals surface area contributed by atoms with Crippen molar-refractivity contribution in [2.75, 3.05) is 0 Å². The molecule has 136 valence electrons. The van der Waals surface area contributed by atoms with Gasteiger partial charge in [0.25, 0.3) is 0 Å². The van der Waals surface area contributed by atoms with E-state index in [9.17, 15) is 20.3 Å². The van der Waals surface area contributed by atoms with Crippen molar-refractivity contribution < 1.29 is 19.4 Å². The lowest BCUT2D eigenvalue weighted by Gasteiger charge is -2.08. The van der Waals surface area contributed by atoms with Gasteiger partial charge in [0.15, 0.2) is 0 Å². The average Bonchev–Trinajstić information content (AvgIpc) is 3.28. The van der Waals surface area contributed by atoms with Crippen molar-refractivity contribution in [2.24, 2.45) is 0 Å². The molecule has 2 aromatic heterocycles. The van der Waals surface area contributed by atoms with Crippen LogP contribution in [0.2, 0.25) is 0 Å². The van der Waals surface area contributed by atoms with Crippen molar-refractivity contribution in [3.8, 4) is 34.1 Å². The minimum Gasteiger partial charge on any atom is -0.508 e.